The molecule has 3 nitrogen and oxygen atoms in total. The highest BCUT2D eigenvalue weighted by molar-refractivity contribution is 5.41. The van der Waals surface area contributed by atoms with E-state index in [2.05, 4.69) is 12.2 Å². The lowest BCUT2D eigenvalue weighted by atomic mass is 10.0. The number of allylic oxidation sites excluding steroid dienone is 1. The second-order valence-electron chi connectivity index (χ2n) is 5.17. The fraction of sp³-hybridized carbons (Fsp3) is 0.500. The van der Waals surface area contributed by atoms with Crippen LogP contribution in [0.4, 0.5) is 0 Å². The summed E-state index contributed by atoms with van der Waals surface area (Å²) in [6.07, 6.45) is 8.75. The van der Waals surface area contributed by atoms with Crippen LogP contribution in [0.15, 0.2) is 30.4 Å². The Morgan fingerprint density at radius 2 is 2.26 bits per heavy atom. The van der Waals surface area contributed by atoms with Gasteiger partial charge in [0.15, 0.2) is 0 Å². The van der Waals surface area contributed by atoms with Gasteiger partial charge in [0.1, 0.15) is 17.6 Å². The van der Waals surface area contributed by atoms with Crippen LogP contribution in [0.1, 0.15) is 31.7 Å². The molecule has 0 radical (unpaired) electrons. The van der Waals surface area contributed by atoms with Crippen molar-refractivity contribution in [3.63, 3.8) is 0 Å². The molecule has 0 saturated heterocycles. The van der Waals surface area contributed by atoms with E-state index in [-0.39, 0.29) is 12.1 Å². The van der Waals surface area contributed by atoms with Crippen LogP contribution in [-0.4, -0.2) is 19.3 Å². The summed E-state index contributed by atoms with van der Waals surface area (Å²) in [4.78, 5) is 0. The third kappa shape index (κ3) is 4.00. The zero-order valence-corrected chi connectivity index (χ0v) is 11.8. The van der Waals surface area contributed by atoms with Gasteiger partial charge in [-0.2, -0.15) is 0 Å². The van der Waals surface area contributed by atoms with Crippen molar-refractivity contribution in [2.24, 2.45) is 5.73 Å². The van der Waals surface area contributed by atoms with Crippen molar-refractivity contribution >= 4 is 0 Å². The number of nitrogens with two attached hydrogens (primary N) is 1. The zero-order chi connectivity index (χ0) is 13.7. The van der Waals surface area contributed by atoms with Crippen LogP contribution in [0.3, 0.4) is 0 Å². The molecule has 0 aliphatic heterocycles. The molecular formula is C16H23NO2. The minimum Gasteiger partial charge on any atom is -0.497 e. The lowest BCUT2D eigenvalue weighted by Crippen LogP contribution is -2.20. The van der Waals surface area contributed by atoms with E-state index < -0.39 is 0 Å². The highest BCUT2D eigenvalue weighted by atomic mass is 16.5. The molecule has 2 unspecified atom stereocenters. The van der Waals surface area contributed by atoms with Gasteiger partial charge in [0, 0.05) is 12.1 Å². The van der Waals surface area contributed by atoms with Crippen molar-refractivity contribution < 1.29 is 9.47 Å². The summed E-state index contributed by atoms with van der Waals surface area (Å²) in [5.41, 5.74) is 7.04. The topological polar surface area (TPSA) is 44.5 Å². The summed E-state index contributed by atoms with van der Waals surface area (Å²) >= 11 is 0. The first-order chi connectivity index (χ1) is 9.19. The Morgan fingerprint density at radius 3 is 2.89 bits per heavy atom. The Kier molecular flexibility index (Phi) is 4.86. The maximum absolute atomic E-state index is 6.11. The monoisotopic (exact) mass is 261 g/mol. The van der Waals surface area contributed by atoms with Gasteiger partial charge in [0.05, 0.1) is 7.11 Å². The van der Waals surface area contributed by atoms with Crippen LogP contribution in [0, 0.1) is 0 Å². The molecule has 104 valence electrons. The quantitative estimate of drug-likeness (QED) is 0.828. The summed E-state index contributed by atoms with van der Waals surface area (Å²) in [6.45, 7) is 2.01. The van der Waals surface area contributed by atoms with Crippen molar-refractivity contribution in [1.29, 1.82) is 0 Å². The van der Waals surface area contributed by atoms with Gasteiger partial charge in [-0.25, -0.2) is 0 Å². The second-order valence-corrected chi connectivity index (χ2v) is 5.17. The van der Waals surface area contributed by atoms with E-state index >= 15 is 0 Å². The SMILES string of the molecule is COc1ccc(CC(C)N)c(OC2C=CCCC2)c1. The highest BCUT2D eigenvalue weighted by Crippen LogP contribution is 2.28. The Bertz CT molecular complexity index is 440. The first kappa shape index (κ1) is 13.9. The summed E-state index contributed by atoms with van der Waals surface area (Å²) in [5, 5.41) is 0. The van der Waals surface area contributed by atoms with Crippen molar-refractivity contribution in [2.45, 2.75) is 44.8 Å². The summed E-state index contributed by atoms with van der Waals surface area (Å²) < 4.78 is 11.4. The fourth-order valence-electron chi connectivity index (χ4n) is 2.33. The van der Waals surface area contributed by atoms with E-state index in [0.29, 0.717) is 0 Å². The molecule has 0 heterocycles. The summed E-state index contributed by atoms with van der Waals surface area (Å²) in [6, 6.07) is 6.09. The van der Waals surface area contributed by atoms with Gasteiger partial charge < -0.3 is 15.2 Å². The van der Waals surface area contributed by atoms with E-state index in [9.17, 15) is 0 Å². The van der Waals surface area contributed by atoms with Gasteiger partial charge in [-0.3, -0.25) is 0 Å². The molecule has 1 aliphatic rings. The van der Waals surface area contributed by atoms with Crippen molar-refractivity contribution in [1.82, 2.24) is 0 Å². The normalized spacial score (nSPS) is 20.1. The number of hydrogen-bond donors (Lipinski definition) is 1. The predicted octanol–water partition coefficient (Wildman–Crippen LogP) is 3.07. The highest BCUT2D eigenvalue weighted by Gasteiger charge is 2.14. The van der Waals surface area contributed by atoms with Gasteiger partial charge in [-0.1, -0.05) is 12.1 Å². The molecule has 0 fully saturated rings. The minimum absolute atomic E-state index is 0.123. The van der Waals surface area contributed by atoms with Gasteiger partial charge in [0.25, 0.3) is 0 Å². The van der Waals surface area contributed by atoms with Crippen molar-refractivity contribution in [2.75, 3.05) is 7.11 Å². The molecule has 1 aromatic carbocycles. The molecule has 1 aliphatic carbocycles. The van der Waals surface area contributed by atoms with E-state index in [4.69, 9.17) is 15.2 Å². The molecule has 2 N–H and O–H groups in total. The van der Waals surface area contributed by atoms with E-state index in [0.717, 1.165) is 36.3 Å². The molecule has 19 heavy (non-hydrogen) atoms. The van der Waals surface area contributed by atoms with E-state index in [1.807, 2.05) is 25.1 Å². The molecule has 3 heteroatoms. The molecule has 2 atom stereocenters. The van der Waals surface area contributed by atoms with Crippen LogP contribution in [0.5, 0.6) is 11.5 Å². The fourth-order valence-corrected chi connectivity index (χ4v) is 2.33. The molecule has 0 saturated carbocycles. The Hall–Kier alpha value is -1.48. The maximum Gasteiger partial charge on any atom is 0.127 e. The number of rotatable bonds is 5. The third-order valence-electron chi connectivity index (χ3n) is 3.30. The lowest BCUT2D eigenvalue weighted by Gasteiger charge is -2.21. The summed E-state index contributed by atoms with van der Waals surface area (Å²) in [7, 11) is 1.67. The van der Waals surface area contributed by atoms with Gasteiger partial charge in [0.2, 0.25) is 0 Å². The Morgan fingerprint density at radius 1 is 1.42 bits per heavy atom. The molecular weight excluding hydrogens is 238 g/mol. The third-order valence-corrected chi connectivity index (χ3v) is 3.30. The Balaban J connectivity index is 2.18. The van der Waals surface area contributed by atoms with Crippen molar-refractivity contribution in [3.05, 3.63) is 35.9 Å². The van der Waals surface area contributed by atoms with Gasteiger partial charge >= 0.3 is 0 Å². The van der Waals surface area contributed by atoms with E-state index in [1.54, 1.807) is 7.11 Å². The average Bonchev–Trinajstić information content (AvgIpc) is 2.41. The zero-order valence-electron chi connectivity index (χ0n) is 11.8. The Labute approximate surface area is 115 Å². The summed E-state index contributed by atoms with van der Waals surface area (Å²) in [5.74, 6) is 1.72. The van der Waals surface area contributed by atoms with Gasteiger partial charge in [-0.05, 0) is 50.3 Å². The van der Waals surface area contributed by atoms with Crippen LogP contribution < -0.4 is 15.2 Å². The smallest absolute Gasteiger partial charge is 0.127 e. The molecule has 0 spiro atoms. The van der Waals surface area contributed by atoms with Crippen LogP contribution >= 0.6 is 0 Å². The van der Waals surface area contributed by atoms with Crippen molar-refractivity contribution in [3.8, 4) is 11.5 Å². The molecule has 0 amide bonds. The largest absolute Gasteiger partial charge is 0.497 e. The number of benzene rings is 1. The number of hydrogen-bond acceptors (Lipinski definition) is 3. The van der Waals surface area contributed by atoms with Gasteiger partial charge in [-0.15, -0.1) is 0 Å². The standard InChI is InChI=1S/C16H23NO2/c1-12(17)10-13-8-9-15(18-2)11-16(13)19-14-6-4-3-5-7-14/h4,6,8-9,11-12,14H,3,5,7,10,17H2,1-2H3. The minimum atomic E-state index is 0.123. The lowest BCUT2D eigenvalue weighted by molar-refractivity contribution is 0.226. The maximum atomic E-state index is 6.11. The second kappa shape index (κ2) is 6.62. The molecule has 2 rings (SSSR count). The average molecular weight is 261 g/mol. The predicted molar refractivity (Wildman–Crippen MR) is 77.8 cm³/mol. The van der Waals surface area contributed by atoms with Crippen LogP contribution in [0.25, 0.3) is 0 Å². The van der Waals surface area contributed by atoms with Crippen LogP contribution in [0.2, 0.25) is 0 Å². The molecule has 0 bridgehead atoms. The molecule has 0 aromatic heterocycles. The number of ether oxygens (including phenoxy) is 2. The van der Waals surface area contributed by atoms with E-state index in [1.165, 1.54) is 6.42 Å². The first-order valence-electron chi connectivity index (χ1n) is 6.95. The van der Waals surface area contributed by atoms with Crippen LogP contribution in [-0.2, 0) is 6.42 Å². The molecule has 1 aromatic rings. The number of methoxy groups -OCH3 is 1. The first-order valence-corrected chi connectivity index (χ1v) is 6.95.